The van der Waals surface area contributed by atoms with Crippen LogP contribution in [-0.2, 0) is 16.1 Å². The molecule has 0 aliphatic carbocycles. The Morgan fingerprint density at radius 2 is 1.78 bits per heavy atom. The number of rotatable bonds is 7. The lowest BCUT2D eigenvalue weighted by molar-refractivity contribution is -0.121. The highest BCUT2D eigenvalue weighted by atomic mass is 16.2. The van der Waals surface area contributed by atoms with Gasteiger partial charge in [-0.1, -0.05) is 36.4 Å². The third-order valence-corrected chi connectivity index (χ3v) is 6.87. The van der Waals surface area contributed by atoms with Crippen molar-refractivity contribution >= 4 is 23.5 Å². The number of aromatic nitrogens is 2. The zero-order valence-electron chi connectivity index (χ0n) is 21.0. The van der Waals surface area contributed by atoms with Crippen molar-refractivity contribution in [3.05, 3.63) is 76.6 Å². The molecule has 2 N–H and O–H groups in total. The SMILES string of the molecule is Cc1ccc(NC(=O)C2CCN(CC(=O)Nc3c(C#N)c(C)c(C)n3Cc3ccccc3)CC2)nc1. The molecule has 1 saturated heterocycles. The van der Waals surface area contributed by atoms with Crippen molar-refractivity contribution in [1.82, 2.24) is 14.5 Å². The Labute approximate surface area is 211 Å². The fourth-order valence-corrected chi connectivity index (χ4v) is 4.59. The molecule has 36 heavy (non-hydrogen) atoms. The molecule has 0 bridgehead atoms. The van der Waals surface area contributed by atoms with Crippen LogP contribution in [0.15, 0.2) is 48.7 Å². The van der Waals surface area contributed by atoms with Crippen molar-refractivity contribution in [2.75, 3.05) is 30.3 Å². The first kappa shape index (κ1) is 25.1. The smallest absolute Gasteiger partial charge is 0.239 e. The number of amides is 2. The summed E-state index contributed by atoms with van der Waals surface area (Å²) in [6.07, 6.45) is 3.09. The van der Waals surface area contributed by atoms with E-state index in [-0.39, 0.29) is 24.3 Å². The summed E-state index contributed by atoms with van der Waals surface area (Å²) >= 11 is 0. The number of benzene rings is 1. The van der Waals surface area contributed by atoms with E-state index in [2.05, 4.69) is 26.6 Å². The highest BCUT2D eigenvalue weighted by Crippen LogP contribution is 2.27. The Bertz CT molecular complexity index is 1270. The predicted molar refractivity (Wildman–Crippen MR) is 140 cm³/mol. The van der Waals surface area contributed by atoms with Crippen LogP contribution in [0.4, 0.5) is 11.6 Å². The standard InChI is InChI=1S/C28H32N6O2/c1-19-9-10-25(30-16-19)31-28(36)23-11-13-33(14-12-23)18-26(35)32-27-24(15-29)20(2)21(3)34(27)17-22-7-5-4-6-8-22/h4-10,16,23H,11-14,17-18H2,1-3H3,(H,32,35)(H,30,31,36). The van der Waals surface area contributed by atoms with Gasteiger partial charge in [-0.25, -0.2) is 4.98 Å². The molecule has 1 aliphatic heterocycles. The molecule has 0 saturated carbocycles. The number of carbonyl (C=O) groups excluding carboxylic acids is 2. The van der Waals surface area contributed by atoms with Gasteiger partial charge in [0, 0.05) is 24.4 Å². The minimum atomic E-state index is -0.162. The Hall–Kier alpha value is -3.96. The number of nitrogens with one attached hydrogen (secondary N) is 2. The zero-order chi connectivity index (χ0) is 25.7. The van der Waals surface area contributed by atoms with E-state index < -0.39 is 0 Å². The first-order valence-electron chi connectivity index (χ1n) is 12.2. The van der Waals surface area contributed by atoms with Gasteiger partial charge in [-0.15, -0.1) is 0 Å². The van der Waals surface area contributed by atoms with Crippen LogP contribution in [0.1, 0.15) is 40.8 Å². The topological polar surface area (TPSA) is 103 Å². The number of nitriles is 1. The summed E-state index contributed by atoms with van der Waals surface area (Å²) in [7, 11) is 0. The number of pyridine rings is 1. The van der Waals surface area contributed by atoms with Crippen molar-refractivity contribution in [1.29, 1.82) is 5.26 Å². The Kier molecular flexibility index (Phi) is 7.81. The maximum Gasteiger partial charge on any atom is 0.239 e. The summed E-state index contributed by atoms with van der Waals surface area (Å²) in [5.74, 6) is 0.806. The van der Waals surface area contributed by atoms with Crippen molar-refractivity contribution in [2.24, 2.45) is 5.92 Å². The monoisotopic (exact) mass is 484 g/mol. The Morgan fingerprint density at radius 1 is 1.06 bits per heavy atom. The molecule has 4 rings (SSSR count). The summed E-state index contributed by atoms with van der Waals surface area (Å²) in [5.41, 5.74) is 4.46. The maximum absolute atomic E-state index is 13.0. The number of anilines is 2. The van der Waals surface area contributed by atoms with Crippen LogP contribution in [0.2, 0.25) is 0 Å². The summed E-state index contributed by atoms with van der Waals surface area (Å²) in [6.45, 7) is 7.93. The van der Waals surface area contributed by atoms with Gasteiger partial charge in [0.05, 0.1) is 12.1 Å². The number of likely N-dealkylation sites (tertiary alicyclic amines) is 1. The second kappa shape index (κ2) is 11.2. The first-order valence-corrected chi connectivity index (χ1v) is 12.2. The van der Waals surface area contributed by atoms with E-state index in [1.54, 1.807) is 12.3 Å². The Morgan fingerprint density at radius 3 is 2.42 bits per heavy atom. The lowest BCUT2D eigenvalue weighted by Gasteiger charge is -2.30. The summed E-state index contributed by atoms with van der Waals surface area (Å²) in [6, 6.07) is 16.0. The van der Waals surface area contributed by atoms with Gasteiger partial charge < -0.3 is 15.2 Å². The van der Waals surface area contributed by atoms with Gasteiger partial charge in [-0.05, 0) is 69.5 Å². The van der Waals surface area contributed by atoms with Gasteiger partial charge in [0.25, 0.3) is 0 Å². The van der Waals surface area contributed by atoms with Crippen molar-refractivity contribution < 1.29 is 9.59 Å². The second-order valence-corrected chi connectivity index (χ2v) is 9.43. The Balaban J connectivity index is 1.35. The lowest BCUT2D eigenvalue weighted by Crippen LogP contribution is -2.42. The molecule has 1 aliphatic rings. The molecule has 0 atom stereocenters. The van der Waals surface area contributed by atoms with Crippen molar-refractivity contribution in [3.8, 4) is 6.07 Å². The number of hydrogen-bond donors (Lipinski definition) is 2. The molecular weight excluding hydrogens is 452 g/mol. The van der Waals surface area contributed by atoms with Crippen molar-refractivity contribution in [3.63, 3.8) is 0 Å². The van der Waals surface area contributed by atoms with Crippen LogP contribution in [0.3, 0.4) is 0 Å². The van der Waals surface area contributed by atoms with Crippen LogP contribution >= 0.6 is 0 Å². The molecule has 3 aromatic rings. The predicted octanol–water partition coefficient (Wildman–Crippen LogP) is 4.02. The molecule has 8 heteroatoms. The van der Waals surface area contributed by atoms with Gasteiger partial charge >= 0.3 is 0 Å². The molecule has 2 aromatic heterocycles. The number of piperidine rings is 1. The summed E-state index contributed by atoms with van der Waals surface area (Å²) in [4.78, 5) is 31.9. The third kappa shape index (κ3) is 5.81. The van der Waals surface area contributed by atoms with Gasteiger partial charge in [0.1, 0.15) is 17.7 Å². The van der Waals surface area contributed by atoms with Crippen LogP contribution in [0, 0.1) is 38.0 Å². The van der Waals surface area contributed by atoms with Crippen LogP contribution in [0.25, 0.3) is 0 Å². The third-order valence-electron chi connectivity index (χ3n) is 6.87. The van der Waals surface area contributed by atoms with E-state index in [4.69, 9.17) is 0 Å². The van der Waals surface area contributed by atoms with Crippen LogP contribution in [-0.4, -0.2) is 45.9 Å². The van der Waals surface area contributed by atoms with Crippen LogP contribution < -0.4 is 10.6 Å². The average molecular weight is 485 g/mol. The summed E-state index contributed by atoms with van der Waals surface area (Å²) < 4.78 is 2.00. The van der Waals surface area contributed by atoms with Gasteiger partial charge in [-0.3, -0.25) is 14.5 Å². The van der Waals surface area contributed by atoms with E-state index in [1.165, 1.54) is 0 Å². The number of nitrogens with zero attached hydrogens (tertiary/aromatic N) is 4. The molecule has 186 valence electrons. The normalized spacial score (nSPS) is 14.3. The molecule has 2 amide bonds. The van der Waals surface area contributed by atoms with Crippen molar-refractivity contribution in [2.45, 2.75) is 40.2 Å². The molecule has 3 heterocycles. The first-order chi connectivity index (χ1) is 17.4. The van der Waals surface area contributed by atoms with E-state index in [0.29, 0.717) is 49.7 Å². The van der Waals surface area contributed by atoms with Gasteiger partial charge in [0.15, 0.2) is 0 Å². The van der Waals surface area contributed by atoms with E-state index in [9.17, 15) is 14.9 Å². The largest absolute Gasteiger partial charge is 0.326 e. The molecule has 1 fully saturated rings. The molecule has 8 nitrogen and oxygen atoms in total. The molecule has 1 aromatic carbocycles. The maximum atomic E-state index is 13.0. The number of carbonyl (C=O) groups is 2. The van der Waals surface area contributed by atoms with Crippen LogP contribution in [0.5, 0.6) is 0 Å². The fraction of sp³-hybridized carbons (Fsp3) is 0.357. The molecule has 0 spiro atoms. The molecule has 0 radical (unpaired) electrons. The van der Waals surface area contributed by atoms with E-state index in [0.717, 1.165) is 22.4 Å². The highest BCUT2D eigenvalue weighted by Gasteiger charge is 2.27. The number of hydrogen-bond acceptors (Lipinski definition) is 5. The zero-order valence-corrected chi connectivity index (χ0v) is 21.0. The number of aryl methyl sites for hydroxylation is 1. The summed E-state index contributed by atoms with van der Waals surface area (Å²) in [5, 5.41) is 15.7. The molecular formula is C28H32N6O2. The lowest BCUT2D eigenvalue weighted by atomic mass is 9.96. The molecule has 0 unspecified atom stereocenters. The fourth-order valence-electron chi connectivity index (χ4n) is 4.59. The second-order valence-electron chi connectivity index (χ2n) is 9.43. The van der Waals surface area contributed by atoms with Gasteiger partial charge in [-0.2, -0.15) is 5.26 Å². The quantitative estimate of drug-likeness (QED) is 0.527. The average Bonchev–Trinajstić information content (AvgIpc) is 3.10. The van der Waals surface area contributed by atoms with E-state index in [1.807, 2.05) is 61.7 Å². The minimum Gasteiger partial charge on any atom is -0.326 e. The van der Waals surface area contributed by atoms with E-state index >= 15 is 0 Å². The minimum absolute atomic E-state index is 0.0289. The highest BCUT2D eigenvalue weighted by molar-refractivity contribution is 5.93. The van der Waals surface area contributed by atoms with Gasteiger partial charge in [0.2, 0.25) is 11.8 Å².